The molecule has 5 nitrogen and oxygen atoms in total. The Balaban J connectivity index is 1.88. The Hall–Kier alpha value is -2.14. The highest BCUT2D eigenvalue weighted by Gasteiger charge is 2.29. The minimum Gasteiger partial charge on any atom is -0.376 e. The van der Waals surface area contributed by atoms with Crippen LogP contribution in [0, 0.1) is 12.3 Å². The monoisotopic (exact) mass is 329 g/mol. The van der Waals surface area contributed by atoms with Crippen LogP contribution in [0.5, 0.6) is 0 Å². The Labute approximate surface area is 144 Å². The number of hydrogen-bond acceptors (Lipinski definition) is 3. The van der Waals surface area contributed by atoms with Gasteiger partial charge in [0.15, 0.2) is 0 Å². The third kappa shape index (κ3) is 4.45. The average Bonchev–Trinajstić information content (AvgIpc) is 2.87. The molecule has 2 rings (SSSR count). The standard InChI is InChI=1S/C19H27N3O2/c1-14(17-11-20-22(5)15(17)2)21-18(23)19(3,4)13-24-12-16-9-7-6-8-10-16/h6-11,14H,12-13H2,1-5H3,(H,21,23)/t14-/m1/s1. The van der Waals surface area contributed by atoms with Gasteiger partial charge in [-0.2, -0.15) is 5.10 Å². The van der Waals surface area contributed by atoms with Crippen LogP contribution in [0.1, 0.15) is 43.6 Å². The summed E-state index contributed by atoms with van der Waals surface area (Å²) in [5.74, 6) is -0.0219. The van der Waals surface area contributed by atoms with Gasteiger partial charge in [-0.05, 0) is 33.3 Å². The van der Waals surface area contributed by atoms with Crippen LogP contribution in [0.3, 0.4) is 0 Å². The maximum absolute atomic E-state index is 12.6. The zero-order valence-corrected chi connectivity index (χ0v) is 15.2. The van der Waals surface area contributed by atoms with Crippen molar-refractivity contribution in [3.63, 3.8) is 0 Å². The van der Waals surface area contributed by atoms with Crippen molar-refractivity contribution in [3.05, 3.63) is 53.3 Å². The minimum atomic E-state index is -0.598. The first-order valence-corrected chi connectivity index (χ1v) is 8.22. The van der Waals surface area contributed by atoms with Crippen LogP contribution in [0.2, 0.25) is 0 Å². The number of ether oxygens (including phenoxy) is 1. The zero-order valence-electron chi connectivity index (χ0n) is 15.2. The molecule has 0 saturated heterocycles. The van der Waals surface area contributed by atoms with Gasteiger partial charge in [-0.15, -0.1) is 0 Å². The van der Waals surface area contributed by atoms with Gasteiger partial charge in [0.05, 0.1) is 30.9 Å². The molecule has 24 heavy (non-hydrogen) atoms. The Morgan fingerprint density at radius 3 is 2.58 bits per heavy atom. The van der Waals surface area contributed by atoms with Crippen molar-refractivity contribution in [1.29, 1.82) is 0 Å². The largest absolute Gasteiger partial charge is 0.376 e. The number of benzene rings is 1. The number of carbonyl (C=O) groups excluding carboxylic acids is 1. The number of aromatic nitrogens is 2. The highest BCUT2D eigenvalue weighted by molar-refractivity contribution is 5.82. The van der Waals surface area contributed by atoms with Crippen molar-refractivity contribution in [3.8, 4) is 0 Å². The Bertz CT molecular complexity index is 677. The van der Waals surface area contributed by atoms with Crippen LogP contribution in [0.25, 0.3) is 0 Å². The van der Waals surface area contributed by atoms with Crippen LogP contribution in [-0.4, -0.2) is 22.3 Å². The van der Waals surface area contributed by atoms with Crippen molar-refractivity contribution in [2.75, 3.05) is 6.61 Å². The molecule has 130 valence electrons. The van der Waals surface area contributed by atoms with E-state index in [-0.39, 0.29) is 11.9 Å². The Morgan fingerprint density at radius 1 is 1.33 bits per heavy atom. The quantitative estimate of drug-likeness (QED) is 0.849. The first-order chi connectivity index (χ1) is 11.3. The smallest absolute Gasteiger partial charge is 0.228 e. The minimum absolute atomic E-state index is 0.0219. The van der Waals surface area contributed by atoms with Crippen molar-refractivity contribution < 1.29 is 9.53 Å². The predicted octanol–water partition coefficient (Wildman–Crippen LogP) is 3.15. The van der Waals surface area contributed by atoms with Gasteiger partial charge < -0.3 is 10.1 Å². The molecule has 0 spiro atoms. The fourth-order valence-electron chi connectivity index (χ4n) is 2.47. The molecular formula is C19H27N3O2. The van der Waals surface area contributed by atoms with E-state index >= 15 is 0 Å². The van der Waals surface area contributed by atoms with Crippen LogP contribution < -0.4 is 5.32 Å². The fraction of sp³-hybridized carbons (Fsp3) is 0.474. The summed E-state index contributed by atoms with van der Waals surface area (Å²) >= 11 is 0. The van der Waals surface area contributed by atoms with E-state index in [2.05, 4.69) is 10.4 Å². The maximum atomic E-state index is 12.6. The molecule has 1 aromatic heterocycles. The molecule has 0 radical (unpaired) electrons. The van der Waals surface area contributed by atoms with Gasteiger partial charge in [0.25, 0.3) is 0 Å². The van der Waals surface area contributed by atoms with Gasteiger partial charge in [0.2, 0.25) is 5.91 Å². The second kappa shape index (κ2) is 7.62. The van der Waals surface area contributed by atoms with Crippen molar-refractivity contribution in [1.82, 2.24) is 15.1 Å². The fourth-order valence-corrected chi connectivity index (χ4v) is 2.47. The van der Waals surface area contributed by atoms with Crippen molar-refractivity contribution >= 4 is 5.91 Å². The van der Waals surface area contributed by atoms with Crippen LogP contribution in [0.4, 0.5) is 0 Å². The number of nitrogens with zero attached hydrogens (tertiary/aromatic N) is 2. The van der Waals surface area contributed by atoms with Crippen LogP contribution >= 0.6 is 0 Å². The lowest BCUT2D eigenvalue weighted by atomic mass is 9.92. The molecule has 2 aromatic rings. The van der Waals surface area contributed by atoms with Crippen molar-refractivity contribution in [2.24, 2.45) is 12.5 Å². The zero-order chi connectivity index (χ0) is 17.7. The molecule has 1 N–H and O–H groups in total. The summed E-state index contributed by atoms with van der Waals surface area (Å²) in [5, 5.41) is 7.30. The second-order valence-electron chi connectivity index (χ2n) is 6.87. The van der Waals surface area contributed by atoms with Gasteiger partial charge >= 0.3 is 0 Å². The van der Waals surface area contributed by atoms with E-state index < -0.39 is 5.41 Å². The summed E-state index contributed by atoms with van der Waals surface area (Å²) < 4.78 is 7.56. The normalized spacial score (nSPS) is 12.9. The Morgan fingerprint density at radius 2 is 2.00 bits per heavy atom. The molecule has 0 aliphatic carbocycles. The van der Waals surface area contributed by atoms with E-state index in [0.29, 0.717) is 13.2 Å². The maximum Gasteiger partial charge on any atom is 0.228 e. The number of hydrogen-bond donors (Lipinski definition) is 1. The first kappa shape index (κ1) is 18.2. The van der Waals surface area contributed by atoms with Gasteiger partial charge in [-0.25, -0.2) is 0 Å². The van der Waals surface area contributed by atoms with Crippen LogP contribution in [0.15, 0.2) is 36.5 Å². The lowest BCUT2D eigenvalue weighted by Crippen LogP contribution is -2.41. The average molecular weight is 329 g/mol. The van der Waals surface area contributed by atoms with Gasteiger partial charge in [0.1, 0.15) is 0 Å². The topological polar surface area (TPSA) is 56.1 Å². The number of rotatable bonds is 7. The lowest BCUT2D eigenvalue weighted by molar-refractivity contribution is -0.133. The molecule has 0 unspecified atom stereocenters. The third-order valence-electron chi connectivity index (χ3n) is 4.28. The highest BCUT2D eigenvalue weighted by atomic mass is 16.5. The molecule has 1 aromatic carbocycles. The van der Waals surface area contributed by atoms with Gasteiger partial charge in [-0.1, -0.05) is 30.3 Å². The number of amides is 1. The summed E-state index contributed by atoms with van der Waals surface area (Å²) in [6.07, 6.45) is 1.80. The van der Waals surface area contributed by atoms with E-state index in [1.807, 2.05) is 69.8 Å². The number of aryl methyl sites for hydroxylation is 1. The number of nitrogens with one attached hydrogen (secondary N) is 1. The second-order valence-corrected chi connectivity index (χ2v) is 6.87. The van der Waals surface area contributed by atoms with E-state index in [1.165, 1.54) is 0 Å². The first-order valence-electron chi connectivity index (χ1n) is 8.22. The molecule has 0 aliphatic rings. The molecule has 1 amide bonds. The molecule has 0 saturated carbocycles. The molecule has 0 fully saturated rings. The predicted molar refractivity (Wildman–Crippen MR) is 94.4 cm³/mol. The third-order valence-corrected chi connectivity index (χ3v) is 4.28. The summed E-state index contributed by atoms with van der Waals surface area (Å²) in [6.45, 7) is 8.65. The highest BCUT2D eigenvalue weighted by Crippen LogP contribution is 2.21. The van der Waals surface area contributed by atoms with E-state index in [0.717, 1.165) is 16.8 Å². The summed E-state index contributed by atoms with van der Waals surface area (Å²) in [7, 11) is 1.90. The van der Waals surface area contributed by atoms with Crippen molar-refractivity contribution in [2.45, 2.75) is 40.3 Å². The lowest BCUT2D eigenvalue weighted by Gasteiger charge is -2.26. The summed E-state index contributed by atoms with van der Waals surface area (Å²) in [5.41, 5.74) is 2.60. The SMILES string of the molecule is Cc1c([C@@H](C)NC(=O)C(C)(C)COCc2ccccc2)cnn1C. The van der Waals surface area contributed by atoms with E-state index in [4.69, 9.17) is 4.74 Å². The summed E-state index contributed by atoms with van der Waals surface area (Å²) in [4.78, 5) is 12.6. The van der Waals surface area contributed by atoms with E-state index in [9.17, 15) is 4.79 Å². The Kier molecular flexibility index (Phi) is 5.78. The molecule has 0 aliphatic heterocycles. The van der Waals surface area contributed by atoms with Gasteiger partial charge in [0, 0.05) is 18.3 Å². The van der Waals surface area contributed by atoms with E-state index in [1.54, 1.807) is 6.20 Å². The molecule has 1 heterocycles. The number of carbonyl (C=O) groups is 1. The summed E-state index contributed by atoms with van der Waals surface area (Å²) in [6, 6.07) is 9.88. The molecule has 0 bridgehead atoms. The molecule has 5 heteroatoms. The van der Waals surface area contributed by atoms with Crippen LogP contribution in [-0.2, 0) is 23.2 Å². The molecular weight excluding hydrogens is 302 g/mol. The van der Waals surface area contributed by atoms with Gasteiger partial charge in [-0.3, -0.25) is 9.48 Å². The molecule has 1 atom stereocenters.